The molecule has 0 fully saturated rings. The van der Waals surface area contributed by atoms with Crippen LogP contribution in [0.15, 0.2) is 18.3 Å². The van der Waals surface area contributed by atoms with Crippen LogP contribution in [0.1, 0.15) is 17.4 Å². The number of nitrogens with one attached hydrogen (secondary N) is 1. The summed E-state index contributed by atoms with van der Waals surface area (Å²) in [6.07, 6.45) is 1.47. The zero-order chi connectivity index (χ0) is 12.0. The molecular weight excluding hydrogens is 208 g/mol. The van der Waals surface area contributed by atoms with E-state index in [4.69, 9.17) is 4.74 Å². The summed E-state index contributed by atoms with van der Waals surface area (Å²) in [7, 11) is 1.61. The van der Waals surface area contributed by atoms with E-state index in [9.17, 15) is 9.90 Å². The topological polar surface area (TPSA) is 71.5 Å². The third kappa shape index (κ3) is 3.51. The lowest BCUT2D eigenvalue weighted by molar-refractivity contribution is 0.0926. The fourth-order valence-electron chi connectivity index (χ4n) is 1.27. The van der Waals surface area contributed by atoms with Crippen molar-refractivity contribution in [3.8, 4) is 5.75 Å². The lowest BCUT2D eigenvalue weighted by Crippen LogP contribution is -2.30. The largest absolute Gasteiger partial charge is 0.505 e. The maximum absolute atomic E-state index is 11.6. The Hall–Kier alpha value is -1.62. The molecule has 0 saturated carbocycles. The Labute approximate surface area is 94.5 Å². The average molecular weight is 224 g/mol. The maximum atomic E-state index is 11.6. The summed E-state index contributed by atoms with van der Waals surface area (Å²) in [5.74, 6) is -0.264. The molecule has 0 spiro atoms. The Morgan fingerprint density at radius 2 is 2.44 bits per heavy atom. The van der Waals surface area contributed by atoms with Gasteiger partial charge >= 0.3 is 0 Å². The Kier molecular flexibility index (Phi) is 4.72. The fourth-order valence-corrected chi connectivity index (χ4v) is 1.27. The molecule has 0 bridgehead atoms. The standard InChI is InChI=1S/C11H16N2O3/c1-8(7-16-2)6-13-11(15)10-9(14)4-3-5-12-10/h3-5,8,14H,6-7H2,1-2H3,(H,13,15). The predicted molar refractivity (Wildman–Crippen MR) is 59.3 cm³/mol. The number of ether oxygens (including phenoxy) is 1. The van der Waals surface area contributed by atoms with Crippen molar-refractivity contribution < 1.29 is 14.6 Å². The molecule has 5 heteroatoms. The second-order valence-corrected chi connectivity index (χ2v) is 3.64. The second-order valence-electron chi connectivity index (χ2n) is 3.64. The smallest absolute Gasteiger partial charge is 0.273 e. The van der Waals surface area contributed by atoms with Crippen molar-refractivity contribution in [2.75, 3.05) is 20.3 Å². The minimum absolute atomic E-state index is 0.0483. The minimum Gasteiger partial charge on any atom is -0.505 e. The molecule has 1 rings (SSSR count). The Morgan fingerprint density at radius 3 is 3.06 bits per heavy atom. The molecule has 16 heavy (non-hydrogen) atoms. The van der Waals surface area contributed by atoms with E-state index in [-0.39, 0.29) is 23.3 Å². The van der Waals surface area contributed by atoms with Gasteiger partial charge in [0, 0.05) is 19.9 Å². The first-order chi connectivity index (χ1) is 7.65. The molecule has 0 aliphatic carbocycles. The summed E-state index contributed by atoms with van der Waals surface area (Å²) >= 11 is 0. The number of pyridine rings is 1. The number of hydrogen-bond acceptors (Lipinski definition) is 4. The van der Waals surface area contributed by atoms with Gasteiger partial charge in [-0.1, -0.05) is 6.92 Å². The van der Waals surface area contributed by atoms with Crippen LogP contribution in [0.5, 0.6) is 5.75 Å². The molecule has 1 aromatic rings. The van der Waals surface area contributed by atoms with Crippen LogP contribution in [0.25, 0.3) is 0 Å². The number of hydrogen-bond donors (Lipinski definition) is 2. The van der Waals surface area contributed by atoms with Crippen molar-refractivity contribution in [3.63, 3.8) is 0 Å². The van der Waals surface area contributed by atoms with E-state index in [0.29, 0.717) is 13.2 Å². The highest BCUT2D eigenvalue weighted by molar-refractivity contribution is 5.94. The number of carbonyl (C=O) groups is 1. The quantitative estimate of drug-likeness (QED) is 0.776. The summed E-state index contributed by atoms with van der Waals surface area (Å²) in [4.78, 5) is 15.4. The van der Waals surface area contributed by atoms with E-state index in [2.05, 4.69) is 10.3 Å². The first-order valence-corrected chi connectivity index (χ1v) is 5.06. The lowest BCUT2D eigenvalue weighted by Gasteiger charge is -2.11. The molecular formula is C11H16N2O3. The van der Waals surface area contributed by atoms with E-state index in [1.807, 2.05) is 6.92 Å². The van der Waals surface area contributed by atoms with Gasteiger partial charge in [0.25, 0.3) is 5.91 Å². The molecule has 88 valence electrons. The molecule has 1 amide bonds. The minimum atomic E-state index is -0.374. The van der Waals surface area contributed by atoms with Gasteiger partial charge in [-0.3, -0.25) is 4.79 Å². The Bertz CT molecular complexity index is 355. The number of amides is 1. The first-order valence-electron chi connectivity index (χ1n) is 5.06. The van der Waals surface area contributed by atoms with E-state index in [1.165, 1.54) is 12.3 Å². The van der Waals surface area contributed by atoms with Gasteiger partial charge < -0.3 is 15.2 Å². The van der Waals surface area contributed by atoms with Crippen molar-refractivity contribution >= 4 is 5.91 Å². The number of rotatable bonds is 5. The second kappa shape index (κ2) is 6.07. The molecule has 0 aliphatic heterocycles. The molecule has 0 aromatic carbocycles. The average Bonchev–Trinajstić information content (AvgIpc) is 2.27. The van der Waals surface area contributed by atoms with Crippen LogP contribution in [-0.2, 0) is 4.74 Å². The van der Waals surface area contributed by atoms with Crippen molar-refractivity contribution in [1.29, 1.82) is 0 Å². The van der Waals surface area contributed by atoms with Gasteiger partial charge in [-0.2, -0.15) is 0 Å². The van der Waals surface area contributed by atoms with Gasteiger partial charge in [-0.25, -0.2) is 4.98 Å². The van der Waals surface area contributed by atoms with E-state index >= 15 is 0 Å². The zero-order valence-corrected chi connectivity index (χ0v) is 9.43. The van der Waals surface area contributed by atoms with Gasteiger partial charge in [0.2, 0.25) is 0 Å². The fraction of sp³-hybridized carbons (Fsp3) is 0.455. The lowest BCUT2D eigenvalue weighted by atomic mass is 10.2. The molecule has 0 saturated heterocycles. The summed E-state index contributed by atoms with van der Waals surface area (Å²) in [5, 5.41) is 12.1. The van der Waals surface area contributed by atoms with Gasteiger partial charge in [0.15, 0.2) is 5.69 Å². The van der Waals surface area contributed by atoms with Crippen LogP contribution in [0.3, 0.4) is 0 Å². The molecule has 0 radical (unpaired) electrons. The zero-order valence-electron chi connectivity index (χ0n) is 9.43. The highest BCUT2D eigenvalue weighted by Gasteiger charge is 2.12. The van der Waals surface area contributed by atoms with Crippen molar-refractivity contribution in [1.82, 2.24) is 10.3 Å². The normalized spacial score (nSPS) is 12.1. The predicted octanol–water partition coefficient (Wildman–Crippen LogP) is 0.799. The maximum Gasteiger partial charge on any atom is 0.273 e. The van der Waals surface area contributed by atoms with Crippen LogP contribution in [0.2, 0.25) is 0 Å². The summed E-state index contributed by atoms with van der Waals surface area (Å²) in [5.41, 5.74) is 0.0483. The number of aromatic hydroxyl groups is 1. The summed E-state index contributed by atoms with van der Waals surface area (Å²) < 4.78 is 4.95. The third-order valence-corrected chi connectivity index (χ3v) is 2.06. The van der Waals surface area contributed by atoms with Crippen LogP contribution in [0, 0.1) is 5.92 Å². The number of aromatic nitrogens is 1. The molecule has 1 heterocycles. The molecule has 2 N–H and O–H groups in total. The van der Waals surface area contributed by atoms with Gasteiger partial charge in [0.05, 0.1) is 6.61 Å². The SMILES string of the molecule is COCC(C)CNC(=O)c1ncccc1O. The Morgan fingerprint density at radius 1 is 1.69 bits per heavy atom. The van der Waals surface area contributed by atoms with E-state index < -0.39 is 0 Å². The monoisotopic (exact) mass is 224 g/mol. The summed E-state index contributed by atoms with van der Waals surface area (Å²) in [6, 6.07) is 3.00. The first kappa shape index (κ1) is 12.4. The van der Waals surface area contributed by atoms with Gasteiger partial charge in [-0.05, 0) is 18.1 Å². The van der Waals surface area contributed by atoms with Crippen molar-refractivity contribution in [2.45, 2.75) is 6.92 Å². The molecule has 0 aliphatic rings. The van der Waals surface area contributed by atoms with E-state index in [0.717, 1.165) is 0 Å². The van der Waals surface area contributed by atoms with Crippen molar-refractivity contribution in [3.05, 3.63) is 24.0 Å². The molecule has 1 aromatic heterocycles. The van der Waals surface area contributed by atoms with E-state index in [1.54, 1.807) is 13.2 Å². The van der Waals surface area contributed by atoms with Gasteiger partial charge in [0.1, 0.15) is 5.75 Å². The van der Waals surface area contributed by atoms with Gasteiger partial charge in [-0.15, -0.1) is 0 Å². The number of carbonyl (C=O) groups excluding carboxylic acids is 1. The van der Waals surface area contributed by atoms with Crippen molar-refractivity contribution in [2.24, 2.45) is 5.92 Å². The number of methoxy groups -OCH3 is 1. The Balaban J connectivity index is 2.50. The molecule has 1 unspecified atom stereocenters. The van der Waals surface area contributed by atoms with Crippen LogP contribution < -0.4 is 5.32 Å². The highest BCUT2D eigenvalue weighted by atomic mass is 16.5. The van der Waals surface area contributed by atoms with Crippen LogP contribution in [-0.4, -0.2) is 36.3 Å². The third-order valence-electron chi connectivity index (χ3n) is 2.06. The van der Waals surface area contributed by atoms with Crippen LogP contribution >= 0.6 is 0 Å². The number of nitrogens with zero attached hydrogens (tertiary/aromatic N) is 1. The highest BCUT2D eigenvalue weighted by Crippen LogP contribution is 2.11. The summed E-state index contributed by atoms with van der Waals surface area (Å²) in [6.45, 7) is 3.03. The molecule has 1 atom stereocenters. The molecule has 5 nitrogen and oxygen atoms in total. The van der Waals surface area contributed by atoms with Crippen LogP contribution in [0.4, 0.5) is 0 Å².